The number of nitrogens with zero attached hydrogens (tertiary/aromatic N) is 3. The van der Waals surface area contributed by atoms with E-state index in [4.69, 9.17) is 0 Å². The van der Waals surface area contributed by atoms with E-state index in [0.29, 0.717) is 30.9 Å². The zero-order valence-electron chi connectivity index (χ0n) is 15.6. The highest BCUT2D eigenvalue weighted by Gasteiger charge is 2.44. The second-order valence-electron chi connectivity index (χ2n) is 6.89. The molecule has 0 bridgehead atoms. The van der Waals surface area contributed by atoms with Gasteiger partial charge in [0.2, 0.25) is 0 Å². The number of hydrogen-bond acceptors (Lipinski definition) is 5. The van der Waals surface area contributed by atoms with Crippen molar-refractivity contribution in [3.8, 4) is 11.5 Å². The first kappa shape index (κ1) is 19.2. The van der Waals surface area contributed by atoms with Gasteiger partial charge in [0, 0.05) is 44.0 Å². The summed E-state index contributed by atoms with van der Waals surface area (Å²) in [5, 5.41) is 2.73. The van der Waals surface area contributed by atoms with Gasteiger partial charge in [-0.05, 0) is 19.1 Å². The Bertz CT molecular complexity index is 927. The lowest BCUT2D eigenvalue weighted by molar-refractivity contribution is -0.286. The van der Waals surface area contributed by atoms with Crippen molar-refractivity contribution < 1.29 is 27.4 Å². The first-order valence-electron chi connectivity index (χ1n) is 9.11. The van der Waals surface area contributed by atoms with E-state index in [2.05, 4.69) is 19.8 Å². The van der Waals surface area contributed by atoms with E-state index in [-0.39, 0.29) is 30.1 Å². The summed E-state index contributed by atoms with van der Waals surface area (Å²) in [6.45, 7) is 3.18. The first-order valence-corrected chi connectivity index (χ1v) is 9.11. The average molecular weight is 408 g/mol. The van der Waals surface area contributed by atoms with Gasteiger partial charge in [-0.15, -0.1) is 8.78 Å². The molecule has 1 aromatic carbocycles. The Hall–Kier alpha value is -3.17. The molecule has 1 atom stereocenters. The summed E-state index contributed by atoms with van der Waals surface area (Å²) in [5.41, 5.74) is 0.836. The third-order valence-corrected chi connectivity index (χ3v) is 4.92. The molecule has 2 aliphatic heterocycles. The van der Waals surface area contributed by atoms with Crippen LogP contribution in [-0.2, 0) is 6.54 Å². The zero-order chi connectivity index (χ0) is 20.6. The quantitative estimate of drug-likeness (QED) is 0.846. The van der Waals surface area contributed by atoms with E-state index in [1.54, 1.807) is 23.1 Å². The van der Waals surface area contributed by atoms with E-state index in [0.717, 1.165) is 6.20 Å². The molecule has 2 amide bonds. The number of anilines is 1. The monoisotopic (exact) mass is 408 g/mol. The summed E-state index contributed by atoms with van der Waals surface area (Å²) in [4.78, 5) is 19.9. The molecule has 4 rings (SSSR count). The van der Waals surface area contributed by atoms with Crippen LogP contribution in [0.4, 0.5) is 23.7 Å². The van der Waals surface area contributed by atoms with Crippen molar-refractivity contribution in [2.75, 3.05) is 24.5 Å². The largest absolute Gasteiger partial charge is 0.586 e. The number of nitrogens with one attached hydrogen (secondary N) is 1. The Kier molecular flexibility index (Phi) is 4.85. The molecule has 2 aliphatic rings. The van der Waals surface area contributed by atoms with Crippen LogP contribution in [0.15, 0.2) is 36.7 Å². The van der Waals surface area contributed by atoms with Crippen LogP contribution in [0.1, 0.15) is 12.5 Å². The summed E-state index contributed by atoms with van der Waals surface area (Å²) >= 11 is 0. The standard InChI is InChI=1S/C19H19F3N4O3/c1-12-11-25(15-5-6-23-10-14(15)20)7-8-26(12)18(27)24-9-13-3-2-4-16-17(13)29-19(21,22)28-16/h2-6,10,12H,7-9,11H2,1H3,(H,24,27)/t12-/m1/s1. The van der Waals surface area contributed by atoms with E-state index < -0.39 is 12.1 Å². The lowest BCUT2D eigenvalue weighted by Crippen LogP contribution is -2.56. The molecular weight excluding hydrogens is 389 g/mol. The maximum absolute atomic E-state index is 14.0. The number of hydrogen-bond donors (Lipinski definition) is 1. The number of pyridine rings is 1. The van der Waals surface area contributed by atoms with Crippen LogP contribution >= 0.6 is 0 Å². The molecule has 1 N–H and O–H groups in total. The van der Waals surface area contributed by atoms with Crippen molar-refractivity contribution in [3.63, 3.8) is 0 Å². The molecule has 0 saturated carbocycles. The van der Waals surface area contributed by atoms with Crippen LogP contribution in [0.2, 0.25) is 0 Å². The van der Waals surface area contributed by atoms with Gasteiger partial charge in [0.1, 0.15) is 0 Å². The molecule has 3 heterocycles. The topological polar surface area (TPSA) is 66.9 Å². The number of fused-ring (bicyclic) bond motifs is 1. The number of alkyl halides is 2. The molecular formula is C19H19F3N4O3. The lowest BCUT2D eigenvalue weighted by atomic mass is 10.1. The predicted octanol–water partition coefficient (Wildman–Crippen LogP) is 2.96. The summed E-state index contributed by atoms with van der Waals surface area (Å²) < 4.78 is 49.5. The molecule has 10 heteroatoms. The van der Waals surface area contributed by atoms with E-state index in [9.17, 15) is 18.0 Å². The summed E-state index contributed by atoms with van der Waals surface area (Å²) in [6.07, 6.45) is -1.03. The number of halogens is 3. The van der Waals surface area contributed by atoms with Crippen molar-refractivity contribution in [3.05, 3.63) is 48.0 Å². The fourth-order valence-electron chi connectivity index (χ4n) is 3.54. The molecule has 1 saturated heterocycles. The molecule has 0 radical (unpaired) electrons. The van der Waals surface area contributed by atoms with Gasteiger partial charge >= 0.3 is 12.3 Å². The number of urea groups is 1. The van der Waals surface area contributed by atoms with Gasteiger partial charge in [-0.1, -0.05) is 12.1 Å². The summed E-state index contributed by atoms with van der Waals surface area (Å²) in [5.74, 6) is -0.554. The molecule has 1 aromatic heterocycles. The number of piperazine rings is 1. The van der Waals surface area contributed by atoms with E-state index in [1.807, 2.05) is 11.8 Å². The van der Waals surface area contributed by atoms with Crippen molar-refractivity contribution in [2.24, 2.45) is 0 Å². The van der Waals surface area contributed by atoms with Crippen LogP contribution < -0.4 is 19.7 Å². The number of para-hydroxylation sites is 1. The molecule has 1 fully saturated rings. The zero-order valence-corrected chi connectivity index (χ0v) is 15.6. The van der Waals surface area contributed by atoms with Gasteiger partial charge in [-0.25, -0.2) is 9.18 Å². The molecule has 7 nitrogen and oxygen atoms in total. The highest BCUT2D eigenvalue weighted by atomic mass is 19.3. The van der Waals surface area contributed by atoms with E-state index in [1.165, 1.54) is 12.3 Å². The van der Waals surface area contributed by atoms with Crippen molar-refractivity contribution in [2.45, 2.75) is 25.8 Å². The Balaban J connectivity index is 1.37. The maximum atomic E-state index is 14.0. The molecule has 154 valence electrons. The van der Waals surface area contributed by atoms with Crippen LogP contribution in [0.25, 0.3) is 0 Å². The number of benzene rings is 1. The third kappa shape index (κ3) is 3.87. The lowest BCUT2D eigenvalue weighted by Gasteiger charge is -2.40. The fourth-order valence-corrected chi connectivity index (χ4v) is 3.54. The minimum atomic E-state index is -3.71. The van der Waals surface area contributed by atoms with Gasteiger partial charge in [-0.2, -0.15) is 0 Å². The minimum Gasteiger partial charge on any atom is -0.395 e. The van der Waals surface area contributed by atoms with Gasteiger partial charge in [0.05, 0.1) is 11.9 Å². The minimum absolute atomic E-state index is 0.00731. The van der Waals surface area contributed by atoms with Crippen molar-refractivity contribution >= 4 is 11.7 Å². The van der Waals surface area contributed by atoms with Crippen LogP contribution in [0.3, 0.4) is 0 Å². The van der Waals surface area contributed by atoms with Crippen LogP contribution in [-0.4, -0.2) is 47.9 Å². The first-order chi connectivity index (χ1) is 13.8. The highest BCUT2D eigenvalue weighted by molar-refractivity contribution is 5.75. The number of ether oxygens (including phenoxy) is 2. The van der Waals surface area contributed by atoms with Gasteiger partial charge < -0.3 is 24.6 Å². The van der Waals surface area contributed by atoms with Crippen LogP contribution in [0.5, 0.6) is 11.5 Å². The van der Waals surface area contributed by atoms with Gasteiger partial charge in [0.25, 0.3) is 0 Å². The Morgan fingerprint density at radius 3 is 2.90 bits per heavy atom. The second kappa shape index (κ2) is 7.34. The Morgan fingerprint density at radius 2 is 2.14 bits per heavy atom. The van der Waals surface area contributed by atoms with Crippen molar-refractivity contribution in [1.82, 2.24) is 15.2 Å². The molecule has 29 heavy (non-hydrogen) atoms. The molecule has 0 aliphatic carbocycles. The maximum Gasteiger partial charge on any atom is 0.586 e. The fraction of sp³-hybridized carbons (Fsp3) is 0.368. The van der Waals surface area contributed by atoms with E-state index >= 15 is 0 Å². The Labute approximate surface area is 165 Å². The second-order valence-corrected chi connectivity index (χ2v) is 6.89. The number of aromatic nitrogens is 1. The smallest absolute Gasteiger partial charge is 0.395 e. The predicted molar refractivity (Wildman–Crippen MR) is 97.5 cm³/mol. The van der Waals surface area contributed by atoms with Crippen LogP contribution in [0, 0.1) is 5.82 Å². The number of rotatable bonds is 3. The number of carbonyl (C=O) groups excluding carboxylic acids is 1. The molecule has 0 spiro atoms. The molecule has 0 unspecified atom stereocenters. The number of amides is 2. The summed E-state index contributed by atoms with van der Waals surface area (Å²) in [6, 6.07) is 5.59. The SMILES string of the molecule is C[C@@H]1CN(c2ccncc2F)CCN1C(=O)NCc1cccc2c1OC(F)(F)O2. The summed E-state index contributed by atoms with van der Waals surface area (Å²) in [7, 11) is 0. The number of carbonyl (C=O) groups is 1. The van der Waals surface area contributed by atoms with Crippen molar-refractivity contribution in [1.29, 1.82) is 0 Å². The van der Waals surface area contributed by atoms with Gasteiger partial charge in [-0.3, -0.25) is 4.98 Å². The third-order valence-electron chi connectivity index (χ3n) is 4.92. The average Bonchev–Trinajstić information content (AvgIpc) is 3.00. The normalized spacial score (nSPS) is 19.9. The van der Waals surface area contributed by atoms with Gasteiger partial charge in [0.15, 0.2) is 17.3 Å². The highest BCUT2D eigenvalue weighted by Crippen LogP contribution is 2.43. The molecule has 2 aromatic rings. The Morgan fingerprint density at radius 1 is 1.31 bits per heavy atom.